The third kappa shape index (κ3) is 16.3. The number of amides is 5. The van der Waals surface area contributed by atoms with Crippen LogP contribution in [0, 0.1) is 46.8 Å². The number of hydrogen-bond donors (Lipinski definition) is 5. The molecule has 5 heterocycles. The van der Waals surface area contributed by atoms with Crippen LogP contribution >= 0.6 is 0 Å². The zero-order valence-corrected chi connectivity index (χ0v) is 72.0. The predicted molar refractivity (Wildman–Crippen MR) is 458 cm³/mol. The molecule has 18 nitrogen and oxygen atoms in total. The second kappa shape index (κ2) is 32.9. The molecule has 0 radical (unpaired) electrons. The Morgan fingerprint density at radius 1 is 0.435 bits per heavy atom. The van der Waals surface area contributed by atoms with Crippen molar-refractivity contribution in [3.8, 4) is 0 Å². The topological polar surface area (TPSA) is 275 Å². The molecule has 15 atom stereocenters. The smallest absolute Gasteiger partial charge is 0.248 e. The fraction of sp³-hybridized carbons (Fsp3) is 0.598. The van der Waals surface area contributed by atoms with Gasteiger partial charge >= 0.3 is 0 Å². The van der Waals surface area contributed by atoms with Gasteiger partial charge in [-0.25, -0.2) is 0 Å². The number of ether oxygens (including phenoxy) is 1. The molecule has 18 heteroatoms. The summed E-state index contributed by atoms with van der Waals surface area (Å²) in [5.74, 6) is 2.54. The minimum Gasteiger partial charge on any atom is -0.383 e. The SMILES string of the molecule is CC(C)=CCN1CC[C@]2(C)c3cc(C(N)=O)ccc3C(=O)C1[C@@H]2C.COCCN1CC[C@@]2(C)c3cc(C(N)=O)ccc3C[C@@H]1[C@@H]2C.C[C@H]1[C@H]2C(=O)c3ccc(C(N)=O)cc3[C@@]1(C)CCN2CC1CC1.C[C@H]1[C@H]2Cc3ccc(C(N)=O)cc3[C@]1(C)CCN2CC(C)(C)C.C[C@H]1[C@H]2Cc3ccc(C(N)=O)cc3[C@]1(C)CCN2CC1CCC1. The number of primary amides is 5. The molecule has 5 saturated heterocycles. The van der Waals surface area contributed by atoms with Crippen molar-refractivity contribution in [3.63, 3.8) is 0 Å². The number of nitrogens with zero attached hydrogens (tertiary/aromatic N) is 5. The molecular formula is C97H134N10O8. The van der Waals surface area contributed by atoms with Crippen molar-refractivity contribution < 1.29 is 38.3 Å². The fourth-order valence-electron chi connectivity index (χ4n) is 22.9. The second-order valence-corrected chi connectivity index (χ2v) is 39.7. The van der Waals surface area contributed by atoms with Crippen molar-refractivity contribution in [2.24, 2.45) is 75.5 Å². The monoisotopic (exact) mass is 1570 g/mol. The molecule has 5 aromatic rings. The van der Waals surface area contributed by atoms with Crippen LogP contribution in [0.5, 0.6) is 0 Å². The highest BCUT2D eigenvalue weighted by Crippen LogP contribution is 2.55. The van der Waals surface area contributed by atoms with Crippen molar-refractivity contribution in [3.05, 3.63) is 186 Å². The van der Waals surface area contributed by atoms with Crippen LogP contribution in [0.1, 0.15) is 285 Å². The number of rotatable bonds is 15. The Labute approximate surface area is 685 Å². The molecule has 1 unspecified atom stereocenters. The van der Waals surface area contributed by atoms with E-state index < -0.39 is 11.8 Å². The number of carbonyl (C=O) groups excluding carboxylic acids is 7. The van der Waals surface area contributed by atoms with Gasteiger partial charge in [-0.1, -0.05) is 138 Å². The van der Waals surface area contributed by atoms with Gasteiger partial charge in [0.25, 0.3) is 0 Å². The van der Waals surface area contributed by atoms with Gasteiger partial charge < -0.3 is 33.4 Å². The lowest BCUT2D eigenvalue weighted by molar-refractivity contribution is 0.0114. The Balaban J connectivity index is 0.000000125. The fourth-order valence-corrected chi connectivity index (χ4v) is 22.9. The number of Topliss-reactive ketones (excluding diaryl/α,β-unsaturated/α-hetero) is 2. The highest BCUT2D eigenvalue weighted by atomic mass is 16.5. The molecule has 2 saturated carbocycles. The van der Waals surface area contributed by atoms with Crippen molar-refractivity contribution in [2.45, 2.75) is 245 Å². The maximum absolute atomic E-state index is 13.1. The number of methoxy groups -OCH3 is 1. The summed E-state index contributed by atoms with van der Waals surface area (Å²) in [5.41, 5.74) is 44.0. The second-order valence-electron chi connectivity index (χ2n) is 39.7. The summed E-state index contributed by atoms with van der Waals surface area (Å²) < 4.78 is 5.26. The van der Waals surface area contributed by atoms with Gasteiger partial charge in [0.05, 0.1) is 18.7 Å². The molecule has 5 aromatic carbocycles. The molecule has 0 spiro atoms. The third-order valence-electron chi connectivity index (χ3n) is 31.6. The van der Waals surface area contributed by atoms with Gasteiger partial charge in [0.1, 0.15) is 0 Å². The van der Waals surface area contributed by atoms with Crippen molar-refractivity contribution in [1.82, 2.24) is 24.5 Å². The number of benzene rings is 5. The van der Waals surface area contributed by atoms with E-state index in [1.807, 2.05) is 42.5 Å². The molecule has 115 heavy (non-hydrogen) atoms. The van der Waals surface area contributed by atoms with Gasteiger partial charge in [0.15, 0.2) is 11.6 Å². The van der Waals surface area contributed by atoms with Gasteiger partial charge in [-0.15, -0.1) is 0 Å². The number of nitrogens with two attached hydrogens (primary N) is 5. The maximum Gasteiger partial charge on any atom is 0.248 e. The number of piperidine rings is 5. The van der Waals surface area contributed by atoms with Crippen molar-refractivity contribution in [1.29, 1.82) is 0 Å². The minimum atomic E-state index is -0.440. The quantitative estimate of drug-likeness (QED) is 0.0611. The molecule has 10 bridgehead atoms. The molecule has 7 aliphatic carbocycles. The zero-order chi connectivity index (χ0) is 83.1. The number of ketones is 2. The number of hydrogen-bond acceptors (Lipinski definition) is 13. The van der Waals surface area contributed by atoms with Gasteiger partial charge in [-0.05, 0) is 296 Å². The zero-order valence-electron chi connectivity index (χ0n) is 72.0. The third-order valence-corrected chi connectivity index (χ3v) is 31.6. The lowest BCUT2D eigenvalue weighted by Crippen LogP contribution is -2.61. The first-order chi connectivity index (χ1) is 54.2. The number of carbonyl (C=O) groups is 7. The normalized spacial score (nSPS) is 31.6. The van der Waals surface area contributed by atoms with Crippen molar-refractivity contribution in [2.75, 3.05) is 79.2 Å². The first-order valence-corrected chi connectivity index (χ1v) is 43.3. The summed E-state index contributed by atoms with van der Waals surface area (Å²) in [7, 11) is 1.76. The molecule has 0 aromatic heterocycles. The Hall–Kier alpha value is -7.71. The lowest BCUT2D eigenvalue weighted by Gasteiger charge is -2.55. The Morgan fingerprint density at radius 2 is 0.757 bits per heavy atom. The van der Waals surface area contributed by atoms with E-state index in [1.165, 1.54) is 90.6 Å². The van der Waals surface area contributed by atoms with Crippen molar-refractivity contribution >= 4 is 41.1 Å². The molecule has 17 rings (SSSR count). The van der Waals surface area contributed by atoms with Gasteiger partial charge in [-0.2, -0.15) is 0 Å². The van der Waals surface area contributed by atoms with Crippen LogP contribution in [0.2, 0.25) is 0 Å². The van der Waals surface area contributed by atoms with Gasteiger partial charge in [0, 0.05) is 103 Å². The molecule has 620 valence electrons. The summed E-state index contributed by atoms with van der Waals surface area (Å²) in [6.45, 7) is 45.6. The lowest BCUT2D eigenvalue weighted by atomic mass is 9.58. The van der Waals surface area contributed by atoms with Crippen LogP contribution in [-0.4, -0.2) is 175 Å². The molecule has 7 fully saturated rings. The molecule has 12 aliphatic rings. The van der Waals surface area contributed by atoms with E-state index in [1.54, 1.807) is 25.3 Å². The summed E-state index contributed by atoms with van der Waals surface area (Å²) in [5, 5.41) is 0. The Morgan fingerprint density at radius 3 is 1.12 bits per heavy atom. The van der Waals surface area contributed by atoms with Crippen LogP contribution in [0.25, 0.3) is 0 Å². The standard InChI is InChI=1S/C20H26N2O2.C20H28N2O.C20H30N2O.C19H24N2O2.C18H26N2O2/c1-12(2)7-9-22-10-8-20(4)13(3)17(22)18(23)15-6-5-14(19(21)24)11-16(15)20;1-13-18-11-15-6-7-16(19(21)23)10-17(15)20(13,2)8-9-22(18)12-14-4-3-5-14;1-13-17-11-14-6-7-15(18(21)23)10-16(14)20(13,5)8-9-22(17)12-19(2,3)4;1-11-16-17(22)14-6-5-13(18(20)23)9-15(14)19(11,2)7-8-21(16)10-12-3-4-12;1-12-16-11-13-4-5-14(17(19)21)10-15(13)18(12,2)6-7-20(16)8-9-22-3/h5-7,11,13,17H,8-10H2,1-4H3,(H2,21,24);6-7,10,13-14,18H,3-5,8-9,11-12H2,1-2H3,(H2,21,23);6-7,10,13,17H,8-9,11-12H2,1-5H3,(H2,21,23);5-6,9,11-12,16H,3-4,7-8,10H2,1-2H3,(H2,20,23);4-5,10,12,16H,6-9,11H2,1-3H3,(H2,19,21)/t13-,17?,20-;13-,18+,20+;13-,17+,20+;11-,16-,19-;12-,16+,18+/m00000/s1. The average molecular weight is 1570 g/mol. The summed E-state index contributed by atoms with van der Waals surface area (Å²) in [6.07, 6.45) is 17.8. The predicted octanol–water partition coefficient (Wildman–Crippen LogP) is 13.7. The summed E-state index contributed by atoms with van der Waals surface area (Å²) in [4.78, 5) is 96.7. The number of allylic oxidation sites excluding steroid dienone is 1. The first kappa shape index (κ1) is 85.2. The first-order valence-electron chi connectivity index (χ1n) is 43.3. The molecular weight excluding hydrogens is 1430 g/mol. The van der Waals surface area contributed by atoms with E-state index in [2.05, 4.69) is 165 Å². The van der Waals surface area contributed by atoms with E-state index in [-0.39, 0.29) is 80.3 Å². The van der Waals surface area contributed by atoms with Crippen LogP contribution in [0.4, 0.5) is 0 Å². The number of likely N-dealkylation sites (tertiary alicyclic amines) is 5. The van der Waals surface area contributed by atoms with E-state index in [0.717, 1.165) is 138 Å². The molecule has 5 amide bonds. The highest BCUT2D eigenvalue weighted by Gasteiger charge is 2.56. The van der Waals surface area contributed by atoms with Gasteiger partial charge in [0.2, 0.25) is 29.5 Å². The van der Waals surface area contributed by atoms with Crippen LogP contribution in [0.15, 0.2) is 103 Å². The Kier molecular flexibility index (Phi) is 24.4. The van der Waals surface area contributed by atoms with E-state index in [4.69, 9.17) is 33.4 Å². The molecule has 10 N–H and O–H groups in total. The summed E-state index contributed by atoms with van der Waals surface area (Å²) in [6, 6.07) is 30.6. The van der Waals surface area contributed by atoms with Crippen LogP contribution in [-0.2, 0) is 51.1 Å². The van der Waals surface area contributed by atoms with E-state index in [9.17, 15) is 33.6 Å². The largest absolute Gasteiger partial charge is 0.383 e. The summed E-state index contributed by atoms with van der Waals surface area (Å²) >= 11 is 0. The minimum absolute atomic E-state index is 0.0127. The van der Waals surface area contributed by atoms with Crippen LogP contribution in [0.3, 0.4) is 0 Å². The Bertz CT molecular complexity index is 4610. The highest BCUT2D eigenvalue weighted by molar-refractivity contribution is 6.06. The molecule has 5 aliphatic heterocycles. The van der Waals surface area contributed by atoms with Gasteiger partial charge in [-0.3, -0.25) is 58.1 Å². The maximum atomic E-state index is 13.1. The van der Waals surface area contributed by atoms with Crippen LogP contribution < -0.4 is 28.7 Å². The number of fused-ring (bicyclic) bond motifs is 20. The van der Waals surface area contributed by atoms with E-state index in [0.29, 0.717) is 69.1 Å². The average Bonchev–Trinajstić information content (AvgIpc) is 1.61. The van der Waals surface area contributed by atoms with E-state index >= 15 is 0 Å².